The zero-order valence-corrected chi connectivity index (χ0v) is 18.8. The average molecular weight is 453 g/mol. The molecule has 0 atom stereocenters. The molecule has 1 aliphatic rings. The van der Waals surface area contributed by atoms with Gasteiger partial charge in [0.2, 0.25) is 5.91 Å². The van der Waals surface area contributed by atoms with Crippen molar-refractivity contribution in [2.45, 2.75) is 30.8 Å². The highest BCUT2D eigenvalue weighted by Crippen LogP contribution is 2.30. The molecule has 0 unspecified atom stereocenters. The van der Waals surface area contributed by atoms with E-state index in [4.69, 9.17) is 9.47 Å². The number of carbonyl (C=O) groups excluding carboxylic acids is 1. The molecule has 2 heterocycles. The SMILES string of the molecule is COc1cc(NC(=O)CSc2nc(=O)n(Cc3ccncc3)c3c2CCC3)cc(OC)c1. The third-order valence-electron chi connectivity index (χ3n) is 5.27. The van der Waals surface area contributed by atoms with Crippen LogP contribution in [0.4, 0.5) is 5.69 Å². The number of aromatic nitrogens is 3. The van der Waals surface area contributed by atoms with E-state index in [9.17, 15) is 9.59 Å². The van der Waals surface area contributed by atoms with Crippen LogP contribution in [0.2, 0.25) is 0 Å². The number of nitrogens with zero attached hydrogens (tertiary/aromatic N) is 3. The molecule has 0 aliphatic heterocycles. The van der Waals surface area contributed by atoms with Crippen molar-refractivity contribution in [3.63, 3.8) is 0 Å². The van der Waals surface area contributed by atoms with Crippen molar-refractivity contribution in [1.82, 2.24) is 14.5 Å². The summed E-state index contributed by atoms with van der Waals surface area (Å²) in [6, 6.07) is 8.98. The summed E-state index contributed by atoms with van der Waals surface area (Å²) in [6.07, 6.45) is 6.10. The number of thioether (sulfide) groups is 1. The molecule has 9 heteroatoms. The van der Waals surface area contributed by atoms with E-state index >= 15 is 0 Å². The van der Waals surface area contributed by atoms with Crippen molar-refractivity contribution in [3.05, 3.63) is 70.0 Å². The van der Waals surface area contributed by atoms with Crippen LogP contribution in [0.3, 0.4) is 0 Å². The van der Waals surface area contributed by atoms with E-state index in [1.165, 1.54) is 11.8 Å². The minimum absolute atomic E-state index is 0.146. The molecule has 8 nitrogen and oxygen atoms in total. The van der Waals surface area contributed by atoms with Crippen LogP contribution >= 0.6 is 11.8 Å². The van der Waals surface area contributed by atoms with Gasteiger partial charge in [0, 0.05) is 47.5 Å². The van der Waals surface area contributed by atoms with Crippen LogP contribution in [0.15, 0.2) is 52.5 Å². The van der Waals surface area contributed by atoms with E-state index in [0.717, 1.165) is 36.1 Å². The molecule has 3 aromatic rings. The Morgan fingerprint density at radius 3 is 2.53 bits per heavy atom. The maximum Gasteiger partial charge on any atom is 0.349 e. The Hall–Kier alpha value is -3.33. The summed E-state index contributed by atoms with van der Waals surface area (Å²) in [7, 11) is 3.11. The molecule has 0 bridgehead atoms. The zero-order valence-electron chi connectivity index (χ0n) is 18.0. The fraction of sp³-hybridized carbons (Fsp3) is 0.304. The molecule has 166 valence electrons. The Kier molecular flexibility index (Phi) is 6.75. The maximum absolute atomic E-state index is 12.8. The van der Waals surface area contributed by atoms with Gasteiger partial charge in [-0.15, -0.1) is 0 Å². The lowest BCUT2D eigenvalue weighted by Crippen LogP contribution is -2.28. The topological polar surface area (TPSA) is 95.3 Å². The van der Waals surface area contributed by atoms with Gasteiger partial charge in [0.05, 0.1) is 26.5 Å². The van der Waals surface area contributed by atoms with Crippen molar-refractivity contribution in [2.24, 2.45) is 0 Å². The summed E-state index contributed by atoms with van der Waals surface area (Å²) in [4.78, 5) is 33.7. The summed E-state index contributed by atoms with van der Waals surface area (Å²) >= 11 is 1.29. The number of hydrogen-bond donors (Lipinski definition) is 1. The van der Waals surface area contributed by atoms with E-state index in [2.05, 4.69) is 15.3 Å². The van der Waals surface area contributed by atoms with Crippen LogP contribution in [0.1, 0.15) is 23.2 Å². The molecule has 1 aromatic carbocycles. The standard InChI is InChI=1S/C23H24N4O4S/c1-30-17-10-16(11-18(12-17)31-2)25-21(28)14-32-22-19-4-3-5-20(19)27(23(29)26-22)13-15-6-8-24-9-7-15/h6-12H,3-5,13-14H2,1-2H3,(H,25,28). The number of fused-ring (bicyclic) bond motifs is 1. The second-order valence-corrected chi connectivity index (χ2v) is 8.32. The normalized spacial score (nSPS) is 12.3. The number of hydrogen-bond acceptors (Lipinski definition) is 7. The molecule has 1 N–H and O–H groups in total. The fourth-order valence-corrected chi connectivity index (χ4v) is 4.63. The van der Waals surface area contributed by atoms with E-state index < -0.39 is 0 Å². The number of ether oxygens (including phenoxy) is 2. The summed E-state index contributed by atoms with van der Waals surface area (Å²) in [5.41, 5.74) is 3.38. The van der Waals surface area contributed by atoms with Gasteiger partial charge < -0.3 is 14.8 Å². The summed E-state index contributed by atoms with van der Waals surface area (Å²) in [5.74, 6) is 1.13. The Morgan fingerprint density at radius 1 is 1.12 bits per heavy atom. The van der Waals surface area contributed by atoms with Crippen molar-refractivity contribution in [3.8, 4) is 11.5 Å². The van der Waals surface area contributed by atoms with Gasteiger partial charge in [0.15, 0.2) is 0 Å². The van der Waals surface area contributed by atoms with Crippen molar-refractivity contribution < 1.29 is 14.3 Å². The summed E-state index contributed by atoms with van der Waals surface area (Å²) < 4.78 is 12.2. The molecular formula is C23H24N4O4S. The summed E-state index contributed by atoms with van der Waals surface area (Å²) in [5, 5.41) is 3.50. The van der Waals surface area contributed by atoms with Crippen LogP contribution in [0, 0.1) is 0 Å². The molecule has 1 aliphatic carbocycles. The first kappa shape index (κ1) is 21.9. The molecule has 0 saturated carbocycles. The summed E-state index contributed by atoms with van der Waals surface area (Å²) in [6.45, 7) is 0.472. The van der Waals surface area contributed by atoms with Gasteiger partial charge in [-0.1, -0.05) is 11.8 Å². The Labute approximate surface area is 190 Å². The average Bonchev–Trinajstić information content (AvgIpc) is 3.30. The molecule has 2 aromatic heterocycles. The molecule has 1 amide bonds. The molecule has 0 fully saturated rings. The van der Waals surface area contributed by atoms with E-state index in [1.807, 2.05) is 12.1 Å². The maximum atomic E-state index is 12.8. The number of carbonyl (C=O) groups is 1. The van der Waals surface area contributed by atoms with E-state index in [-0.39, 0.29) is 17.3 Å². The first-order chi connectivity index (χ1) is 15.6. The van der Waals surface area contributed by atoms with Gasteiger partial charge in [-0.2, -0.15) is 4.98 Å². The number of anilines is 1. The number of rotatable bonds is 8. The minimum atomic E-state index is -0.289. The van der Waals surface area contributed by atoms with Crippen molar-refractivity contribution >= 4 is 23.4 Å². The van der Waals surface area contributed by atoms with Gasteiger partial charge in [-0.3, -0.25) is 14.3 Å². The molecule has 4 rings (SSSR count). The van der Waals surface area contributed by atoms with Crippen LogP contribution in [-0.4, -0.2) is 40.4 Å². The first-order valence-corrected chi connectivity index (χ1v) is 11.2. The minimum Gasteiger partial charge on any atom is -0.497 e. The molecule has 0 radical (unpaired) electrons. The fourth-order valence-electron chi connectivity index (χ4n) is 3.75. The monoisotopic (exact) mass is 452 g/mol. The first-order valence-electron chi connectivity index (χ1n) is 10.2. The van der Waals surface area contributed by atoms with Crippen molar-refractivity contribution in [2.75, 3.05) is 25.3 Å². The van der Waals surface area contributed by atoms with Crippen LogP contribution in [0.25, 0.3) is 0 Å². The van der Waals surface area contributed by atoms with Gasteiger partial charge >= 0.3 is 5.69 Å². The highest BCUT2D eigenvalue weighted by Gasteiger charge is 2.22. The number of pyridine rings is 1. The lowest BCUT2D eigenvalue weighted by Gasteiger charge is -2.14. The highest BCUT2D eigenvalue weighted by atomic mass is 32.2. The highest BCUT2D eigenvalue weighted by molar-refractivity contribution is 8.00. The van der Waals surface area contributed by atoms with Gasteiger partial charge in [0.1, 0.15) is 16.5 Å². The lowest BCUT2D eigenvalue weighted by atomic mass is 10.2. The number of nitrogens with one attached hydrogen (secondary N) is 1. The largest absolute Gasteiger partial charge is 0.497 e. The predicted molar refractivity (Wildman–Crippen MR) is 123 cm³/mol. The van der Waals surface area contributed by atoms with Crippen LogP contribution < -0.4 is 20.5 Å². The van der Waals surface area contributed by atoms with Crippen LogP contribution in [-0.2, 0) is 24.2 Å². The van der Waals surface area contributed by atoms with Gasteiger partial charge in [-0.05, 0) is 37.0 Å². The van der Waals surface area contributed by atoms with Crippen LogP contribution in [0.5, 0.6) is 11.5 Å². The third kappa shape index (κ3) is 4.94. The molecule has 0 saturated heterocycles. The van der Waals surface area contributed by atoms with Crippen molar-refractivity contribution in [1.29, 1.82) is 0 Å². The smallest absolute Gasteiger partial charge is 0.349 e. The van der Waals surface area contributed by atoms with Gasteiger partial charge in [0.25, 0.3) is 0 Å². The third-order valence-corrected chi connectivity index (χ3v) is 6.28. The number of methoxy groups -OCH3 is 2. The molecule has 32 heavy (non-hydrogen) atoms. The second kappa shape index (κ2) is 9.86. The second-order valence-electron chi connectivity index (χ2n) is 7.36. The molecule has 0 spiro atoms. The van der Waals surface area contributed by atoms with E-state index in [0.29, 0.717) is 28.8 Å². The Morgan fingerprint density at radius 2 is 1.84 bits per heavy atom. The number of benzene rings is 1. The van der Waals surface area contributed by atoms with Gasteiger partial charge in [-0.25, -0.2) is 4.79 Å². The lowest BCUT2D eigenvalue weighted by molar-refractivity contribution is -0.113. The quantitative estimate of drug-likeness (QED) is 0.415. The predicted octanol–water partition coefficient (Wildman–Crippen LogP) is 2.92. The Balaban J connectivity index is 1.48. The van der Waals surface area contributed by atoms with E-state index in [1.54, 1.807) is 49.4 Å². The zero-order chi connectivity index (χ0) is 22.5. The molecular weight excluding hydrogens is 428 g/mol. The Bertz CT molecular complexity index is 1160. The number of amides is 1.